The second-order valence-corrected chi connectivity index (χ2v) is 4.64. The SMILES string of the molecule is Cc1[nH]c(C2CNCCO2)nc1-c1ccccc1F. The van der Waals surface area contributed by atoms with Crippen molar-refractivity contribution < 1.29 is 9.13 Å². The summed E-state index contributed by atoms with van der Waals surface area (Å²) in [5, 5.41) is 3.25. The highest BCUT2D eigenvalue weighted by Crippen LogP contribution is 2.26. The van der Waals surface area contributed by atoms with Crippen LogP contribution in [0.4, 0.5) is 4.39 Å². The zero-order chi connectivity index (χ0) is 13.2. The van der Waals surface area contributed by atoms with E-state index in [1.54, 1.807) is 12.1 Å². The summed E-state index contributed by atoms with van der Waals surface area (Å²) in [6, 6.07) is 6.67. The Balaban J connectivity index is 1.95. The molecule has 0 aliphatic carbocycles. The Morgan fingerprint density at radius 1 is 1.37 bits per heavy atom. The minimum Gasteiger partial charge on any atom is -0.368 e. The summed E-state index contributed by atoms with van der Waals surface area (Å²) in [5.41, 5.74) is 2.03. The van der Waals surface area contributed by atoms with Crippen molar-refractivity contribution in [2.24, 2.45) is 0 Å². The topological polar surface area (TPSA) is 49.9 Å². The van der Waals surface area contributed by atoms with Gasteiger partial charge in [0, 0.05) is 24.3 Å². The molecule has 0 amide bonds. The van der Waals surface area contributed by atoms with Crippen LogP contribution in [-0.4, -0.2) is 29.7 Å². The fourth-order valence-electron chi connectivity index (χ4n) is 2.29. The van der Waals surface area contributed by atoms with Crippen LogP contribution in [0.5, 0.6) is 0 Å². The number of aromatic nitrogens is 2. The first-order valence-electron chi connectivity index (χ1n) is 6.39. The van der Waals surface area contributed by atoms with Gasteiger partial charge in [-0.25, -0.2) is 9.37 Å². The van der Waals surface area contributed by atoms with E-state index in [1.165, 1.54) is 6.07 Å². The number of rotatable bonds is 2. The van der Waals surface area contributed by atoms with Gasteiger partial charge < -0.3 is 15.0 Å². The van der Waals surface area contributed by atoms with Gasteiger partial charge in [0.1, 0.15) is 17.7 Å². The number of imidazole rings is 1. The van der Waals surface area contributed by atoms with Crippen LogP contribution in [0.3, 0.4) is 0 Å². The first-order chi connectivity index (χ1) is 9.25. The first-order valence-corrected chi connectivity index (χ1v) is 6.39. The molecular formula is C14H16FN3O. The van der Waals surface area contributed by atoms with E-state index in [2.05, 4.69) is 15.3 Å². The summed E-state index contributed by atoms with van der Waals surface area (Å²) >= 11 is 0. The fraction of sp³-hybridized carbons (Fsp3) is 0.357. The van der Waals surface area contributed by atoms with Crippen LogP contribution in [-0.2, 0) is 4.74 Å². The number of ether oxygens (including phenoxy) is 1. The standard InChI is InChI=1S/C14H16FN3O/c1-9-13(10-4-2-3-5-11(10)15)18-14(17-9)12-8-16-6-7-19-12/h2-5,12,16H,6-8H2,1H3,(H,17,18). The smallest absolute Gasteiger partial charge is 0.137 e. The summed E-state index contributed by atoms with van der Waals surface area (Å²) in [6.45, 7) is 4.15. The third kappa shape index (κ3) is 2.39. The van der Waals surface area contributed by atoms with Crippen molar-refractivity contribution in [3.63, 3.8) is 0 Å². The van der Waals surface area contributed by atoms with E-state index in [1.807, 2.05) is 13.0 Å². The Bertz CT molecular complexity index is 576. The summed E-state index contributed by atoms with van der Waals surface area (Å²) in [6.07, 6.45) is -0.0898. The molecule has 1 unspecified atom stereocenters. The molecule has 1 fully saturated rings. The molecule has 1 aromatic heterocycles. The molecule has 2 heterocycles. The maximum absolute atomic E-state index is 13.8. The van der Waals surface area contributed by atoms with Gasteiger partial charge in [0.2, 0.25) is 0 Å². The summed E-state index contributed by atoms with van der Waals surface area (Å²) in [7, 11) is 0. The van der Waals surface area contributed by atoms with Crippen molar-refractivity contribution in [1.29, 1.82) is 0 Å². The normalized spacial score (nSPS) is 19.6. The Morgan fingerprint density at radius 3 is 2.95 bits per heavy atom. The predicted molar refractivity (Wildman–Crippen MR) is 70.3 cm³/mol. The molecule has 1 aliphatic heterocycles. The monoisotopic (exact) mass is 261 g/mol. The van der Waals surface area contributed by atoms with Crippen molar-refractivity contribution in [2.45, 2.75) is 13.0 Å². The number of aryl methyl sites for hydroxylation is 1. The molecule has 2 aromatic rings. The quantitative estimate of drug-likeness (QED) is 0.871. The summed E-state index contributed by atoms with van der Waals surface area (Å²) < 4.78 is 19.5. The largest absolute Gasteiger partial charge is 0.368 e. The third-order valence-electron chi connectivity index (χ3n) is 3.26. The predicted octanol–water partition coefficient (Wildman–Crippen LogP) is 2.19. The Kier molecular flexibility index (Phi) is 3.31. The number of nitrogens with one attached hydrogen (secondary N) is 2. The molecule has 1 atom stereocenters. The van der Waals surface area contributed by atoms with E-state index in [-0.39, 0.29) is 11.9 Å². The molecule has 2 N–H and O–H groups in total. The average molecular weight is 261 g/mol. The van der Waals surface area contributed by atoms with E-state index in [9.17, 15) is 4.39 Å². The number of halogens is 1. The molecule has 100 valence electrons. The molecule has 0 bridgehead atoms. The zero-order valence-electron chi connectivity index (χ0n) is 10.7. The van der Waals surface area contributed by atoms with Crippen LogP contribution in [0.15, 0.2) is 24.3 Å². The maximum atomic E-state index is 13.8. The minimum atomic E-state index is -0.258. The Labute approximate surface area is 111 Å². The molecule has 0 saturated carbocycles. The van der Waals surface area contributed by atoms with Crippen molar-refractivity contribution >= 4 is 0 Å². The van der Waals surface area contributed by atoms with Gasteiger partial charge in [-0.2, -0.15) is 0 Å². The Hall–Kier alpha value is -1.72. The van der Waals surface area contributed by atoms with Gasteiger partial charge in [-0.1, -0.05) is 12.1 Å². The summed E-state index contributed by atoms with van der Waals surface area (Å²) in [5.74, 6) is 0.495. The van der Waals surface area contributed by atoms with E-state index < -0.39 is 0 Å². The highest BCUT2D eigenvalue weighted by molar-refractivity contribution is 5.62. The van der Waals surface area contributed by atoms with Crippen LogP contribution >= 0.6 is 0 Å². The highest BCUT2D eigenvalue weighted by atomic mass is 19.1. The molecule has 5 heteroatoms. The van der Waals surface area contributed by atoms with Crippen molar-refractivity contribution in [3.8, 4) is 11.3 Å². The number of nitrogens with zero attached hydrogens (tertiary/aromatic N) is 1. The van der Waals surface area contributed by atoms with Gasteiger partial charge in [-0.05, 0) is 19.1 Å². The minimum absolute atomic E-state index is 0.0898. The first kappa shape index (κ1) is 12.3. The van der Waals surface area contributed by atoms with Gasteiger partial charge in [-0.3, -0.25) is 0 Å². The second-order valence-electron chi connectivity index (χ2n) is 4.64. The number of hydrogen-bond acceptors (Lipinski definition) is 3. The molecule has 19 heavy (non-hydrogen) atoms. The van der Waals surface area contributed by atoms with Gasteiger partial charge in [0.25, 0.3) is 0 Å². The van der Waals surface area contributed by atoms with Crippen LogP contribution in [0.2, 0.25) is 0 Å². The second kappa shape index (κ2) is 5.11. The summed E-state index contributed by atoms with van der Waals surface area (Å²) in [4.78, 5) is 7.70. The van der Waals surface area contributed by atoms with Crippen molar-refractivity contribution in [2.75, 3.05) is 19.7 Å². The molecule has 0 spiro atoms. The van der Waals surface area contributed by atoms with Crippen LogP contribution in [0.25, 0.3) is 11.3 Å². The van der Waals surface area contributed by atoms with Gasteiger partial charge >= 0.3 is 0 Å². The highest BCUT2D eigenvalue weighted by Gasteiger charge is 2.21. The molecule has 4 nitrogen and oxygen atoms in total. The molecule has 1 aliphatic rings. The lowest BCUT2D eigenvalue weighted by Crippen LogP contribution is -2.33. The number of hydrogen-bond donors (Lipinski definition) is 2. The van der Waals surface area contributed by atoms with E-state index in [4.69, 9.17) is 4.74 Å². The zero-order valence-corrected chi connectivity index (χ0v) is 10.7. The number of H-pyrrole nitrogens is 1. The van der Waals surface area contributed by atoms with Gasteiger partial charge in [0.15, 0.2) is 0 Å². The molecular weight excluding hydrogens is 245 g/mol. The third-order valence-corrected chi connectivity index (χ3v) is 3.26. The van der Waals surface area contributed by atoms with Gasteiger partial charge in [-0.15, -0.1) is 0 Å². The van der Waals surface area contributed by atoms with Crippen LogP contribution in [0.1, 0.15) is 17.6 Å². The lowest BCUT2D eigenvalue weighted by Gasteiger charge is -2.21. The van der Waals surface area contributed by atoms with Crippen molar-refractivity contribution in [1.82, 2.24) is 15.3 Å². The number of morpholine rings is 1. The molecule has 0 radical (unpaired) electrons. The van der Waals surface area contributed by atoms with E-state index in [0.717, 1.165) is 24.6 Å². The Morgan fingerprint density at radius 2 is 2.21 bits per heavy atom. The van der Waals surface area contributed by atoms with E-state index in [0.29, 0.717) is 17.9 Å². The van der Waals surface area contributed by atoms with Crippen LogP contribution < -0.4 is 5.32 Å². The lowest BCUT2D eigenvalue weighted by atomic mass is 10.1. The number of benzene rings is 1. The maximum Gasteiger partial charge on any atom is 0.137 e. The molecule has 3 rings (SSSR count). The lowest BCUT2D eigenvalue weighted by molar-refractivity contribution is 0.0226. The molecule has 1 saturated heterocycles. The van der Waals surface area contributed by atoms with Crippen molar-refractivity contribution in [3.05, 3.63) is 41.6 Å². The molecule has 1 aromatic carbocycles. The van der Waals surface area contributed by atoms with Gasteiger partial charge in [0.05, 0.1) is 12.3 Å². The van der Waals surface area contributed by atoms with Crippen LogP contribution in [0, 0.1) is 12.7 Å². The number of aromatic amines is 1. The fourth-order valence-corrected chi connectivity index (χ4v) is 2.29. The average Bonchev–Trinajstić information content (AvgIpc) is 2.82. The van der Waals surface area contributed by atoms with E-state index >= 15 is 0 Å².